The lowest BCUT2D eigenvalue weighted by Crippen LogP contribution is -2.42. The van der Waals surface area contributed by atoms with Crippen molar-refractivity contribution >= 4 is 16.7 Å². The number of likely N-dealkylation sites (tertiary alicyclic amines) is 1. The van der Waals surface area contributed by atoms with Gasteiger partial charge in [-0.3, -0.25) is 4.79 Å². The summed E-state index contributed by atoms with van der Waals surface area (Å²) in [6.07, 6.45) is 3.37. The Morgan fingerprint density at radius 2 is 1.88 bits per heavy atom. The summed E-state index contributed by atoms with van der Waals surface area (Å²) in [7, 11) is 0. The van der Waals surface area contributed by atoms with Gasteiger partial charge in [0.15, 0.2) is 6.10 Å². The fraction of sp³-hybridized carbons (Fsp3) is 0.450. The van der Waals surface area contributed by atoms with Crippen LogP contribution in [0.15, 0.2) is 42.5 Å². The van der Waals surface area contributed by atoms with Crippen LogP contribution in [0.4, 0.5) is 0 Å². The smallest absolute Gasteiger partial charge is 0.260 e. The number of nitrogens with one attached hydrogen (secondary N) is 1. The van der Waals surface area contributed by atoms with E-state index < -0.39 is 6.10 Å². The Balaban J connectivity index is 1.51. The minimum atomic E-state index is -0.503. The van der Waals surface area contributed by atoms with Gasteiger partial charge in [-0.25, -0.2) is 0 Å². The molecule has 0 spiro atoms. The molecule has 0 aromatic heterocycles. The van der Waals surface area contributed by atoms with Crippen molar-refractivity contribution in [1.82, 2.24) is 10.2 Å². The number of carbonyl (C=O) groups excluding carboxylic acids is 1. The molecule has 4 nitrogen and oxygen atoms in total. The van der Waals surface area contributed by atoms with E-state index in [9.17, 15) is 4.79 Å². The molecule has 0 saturated carbocycles. The van der Waals surface area contributed by atoms with Crippen molar-refractivity contribution in [3.63, 3.8) is 0 Å². The molecule has 3 rings (SSSR count). The first kappa shape index (κ1) is 16.8. The molecular weight excluding hydrogens is 300 g/mol. The number of amides is 1. The number of benzene rings is 2. The SMILES string of the molecule is C[C@H](Oc1cccc2ccccc12)C(=O)NCCN1CCCCC1. The molecule has 1 aliphatic heterocycles. The van der Waals surface area contributed by atoms with Gasteiger partial charge < -0.3 is 15.0 Å². The Labute approximate surface area is 143 Å². The van der Waals surface area contributed by atoms with Crippen LogP contribution in [0.1, 0.15) is 26.2 Å². The van der Waals surface area contributed by atoms with Gasteiger partial charge in [-0.1, -0.05) is 42.8 Å². The molecule has 1 aliphatic rings. The second kappa shape index (κ2) is 8.15. The van der Waals surface area contributed by atoms with Gasteiger partial charge in [-0.2, -0.15) is 0 Å². The minimum absolute atomic E-state index is 0.0556. The summed E-state index contributed by atoms with van der Waals surface area (Å²) >= 11 is 0. The number of piperidine rings is 1. The molecule has 1 heterocycles. The molecule has 1 N–H and O–H groups in total. The highest BCUT2D eigenvalue weighted by Crippen LogP contribution is 2.25. The van der Waals surface area contributed by atoms with Gasteiger partial charge >= 0.3 is 0 Å². The van der Waals surface area contributed by atoms with E-state index in [1.165, 1.54) is 19.3 Å². The third-order valence-electron chi connectivity index (χ3n) is 4.60. The predicted molar refractivity (Wildman–Crippen MR) is 97.3 cm³/mol. The Kier molecular flexibility index (Phi) is 5.70. The number of hydrogen-bond donors (Lipinski definition) is 1. The van der Waals surface area contributed by atoms with Crippen molar-refractivity contribution < 1.29 is 9.53 Å². The zero-order valence-electron chi connectivity index (χ0n) is 14.3. The van der Waals surface area contributed by atoms with Crippen LogP contribution in [0.5, 0.6) is 5.75 Å². The van der Waals surface area contributed by atoms with Crippen LogP contribution in [-0.4, -0.2) is 43.1 Å². The molecular formula is C20H26N2O2. The normalized spacial score (nSPS) is 16.7. The second-order valence-corrected chi connectivity index (χ2v) is 6.43. The Bertz CT molecular complexity index is 675. The molecule has 1 atom stereocenters. The molecule has 0 radical (unpaired) electrons. The van der Waals surface area contributed by atoms with Crippen molar-refractivity contribution in [2.45, 2.75) is 32.3 Å². The highest BCUT2D eigenvalue weighted by atomic mass is 16.5. The average Bonchev–Trinajstić information content (AvgIpc) is 2.63. The van der Waals surface area contributed by atoms with E-state index in [1.54, 1.807) is 6.92 Å². The Morgan fingerprint density at radius 3 is 2.71 bits per heavy atom. The number of nitrogens with zero attached hydrogens (tertiary/aromatic N) is 1. The molecule has 1 amide bonds. The van der Waals surface area contributed by atoms with Gasteiger partial charge in [-0.15, -0.1) is 0 Å². The number of fused-ring (bicyclic) bond motifs is 1. The van der Waals surface area contributed by atoms with Gasteiger partial charge in [0.1, 0.15) is 5.75 Å². The van der Waals surface area contributed by atoms with Crippen molar-refractivity contribution in [1.29, 1.82) is 0 Å². The lowest BCUT2D eigenvalue weighted by molar-refractivity contribution is -0.127. The first-order valence-electron chi connectivity index (χ1n) is 8.88. The standard InChI is InChI=1S/C20H26N2O2/c1-16(20(23)21-12-15-22-13-5-2-6-14-22)24-19-11-7-9-17-8-3-4-10-18(17)19/h3-4,7-11,16H,2,5-6,12-15H2,1H3,(H,21,23)/t16-/m0/s1. The molecule has 1 saturated heterocycles. The topological polar surface area (TPSA) is 41.6 Å². The van der Waals surface area contributed by atoms with Crippen LogP contribution in [-0.2, 0) is 4.79 Å². The summed E-state index contributed by atoms with van der Waals surface area (Å²) in [4.78, 5) is 14.7. The quantitative estimate of drug-likeness (QED) is 0.886. The second-order valence-electron chi connectivity index (χ2n) is 6.43. The van der Waals surface area contributed by atoms with Crippen molar-refractivity contribution in [3.8, 4) is 5.75 Å². The predicted octanol–water partition coefficient (Wildman–Crippen LogP) is 3.21. The molecule has 4 heteroatoms. The summed E-state index contributed by atoms with van der Waals surface area (Å²) in [5.74, 6) is 0.701. The maximum atomic E-state index is 12.3. The molecule has 2 aromatic carbocycles. The summed E-state index contributed by atoms with van der Waals surface area (Å²) in [5.41, 5.74) is 0. The summed E-state index contributed by atoms with van der Waals surface area (Å²) in [6, 6.07) is 14.0. The lowest BCUT2D eigenvalue weighted by atomic mass is 10.1. The van der Waals surface area contributed by atoms with Gasteiger partial charge in [-0.05, 0) is 44.3 Å². The zero-order chi connectivity index (χ0) is 16.8. The monoisotopic (exact) mass is 326 g/mol. The summed E-state index contributed by atoms with van der Waals surface area (Å²) < 4.78 is 5.91. The fourth-order valence-corrected chi connectivity index (χ4v) is 3.21. The maximum absolute atomic E-state index is 12.3. The average molecular weight is 326 g/mol. The van der Waals surface area contributed by atoms with Crippen molar-refractivity contribution in [2.24, 2.45) is 0 Å². The van der Waals surface area contributed by atoms with E-state index in [0.717, 1.165) is 36.2 Å². The van der Waals surface area contributed by atoms with E-state index >= 15 is 0 Å². The van der Waals surface area contributed by atoms with Crippen LogP contribution in [0, 0.1) is 0 Å². The molecule has 1 fully saturated rings. The third kappa shape index (κ3) is 4.26. The van der Waals surface area contributed by atoms with Crippen molar-refractivity contribution in [2.75, 3.05) is 26.2 Å². The molecule has 128 valence electrons. The van der Waals surface area contributed by atoms with Gasteiger partial charge in [0.25, 0.3) is 5.91 Å². The van der Waals surface area contributed by atoms with Crippen molar-refractivity contribution in [3.05, 3.63) is 42.5 Å². The fourth-order valence-electron chi connectivity index (χ4n) is 3.21. The Morgan fingerprint density at radius 1 is 1.12 bits per heavy atom. The van der Waals surface area contributed by atoms with Crippen LogP contribution < -0.4 is 10.1 Å². The van der Waals surface area contributed by atoms with Crippen LogP contribution in [0.3, 0.4) is 0 Å². The molecule has 0 bridgehead atoms. The van der Waals surface area contributed by atoms with Gasteiger partial charge in [0.2, 0.25) is 0 Å². The highest BCUT2D eigenvalue weighted by Gasteiger charge is 2.16. The zero-order valence-corrected chi connectivity index (χ0v) is 14.3. The number of ether oxygens (including phenoxy) is 1. The largest absolute Gasteiger partial charge is 0.480 e. The van der Waals surface area contributed by atoms with Gasteiger partial charge in [0.05, 0.1) is 0 Å². The number of hydrogen-bond acceptors (Lipinski definition) is 3. The molecule has 2 aromatic rings. The van der Waals surface area contributed by atoms with E-state index in [-0.39, 0.29) is 5.91 Å². The van der Waals surface area contributed by atoms with Crippen LogP contribution >= 0.6 is 0 Å². The lowest BCUT2D eigenvalue weighted by Gasteiger charge is -2.26. The Hall–Kier alpha value is -2.07. The summed E-state index contributed by atoms with van der Waals surface area (Å²) in [6.45, 7) is 5.71. The molecule has 0 aliphatic carbocycles. The molecule has 0 unspecified atom stereocenters. The number of carbonyl (C=O) groups is 1. The van der Waals surface area contributed by atoms with Gasteiger partial charge in [0, 0.05) is 18.5 Å². The first-order chi connectivity index (χ1) is 11.7. The van der Waals surface area contributed by atoms with Crippen LogP contribution in [0.2, 0.25) is 0 Å². The first-order valence-corrected chi connectivity index (χ1v) is 8.88. The molecule has 24 heavy (non-hydrogen) atoms. The summed E-state index contributed by atoms with van der Waals surface area (Å²) in [5, 5.41) is 5.15. The van der Waals surface area contributed by atoms with E-state index in [1.807, 2.05) is 42.5 Å². The minimum Gasteiger partial charge on any atom is -0.480 e. The maximum Gasteiger partial charge on any atom is 0.260 e. The third-order valence-corrected chi connectivity index (χ3v) is 4.60. The van der Waals surface area contributed by atoms with Crippen LogP contribution in [0.25, 0.3) is 10.8 Å². The van der Waals surface area contributed by atoms with E-state index in [0.29, 0.717) is 6.54 Å². The highest BCUT2D eigenvalue weighted by molar-refractivity contribution is 5.89. The van der Waals surface area contributed by atoms with E-state index in [4.69, 9.17) is 4.74 Å². The number of rotatable bonds is 6. The van der Waals surface area contributed by atoms with E-state index in [2.05, 4.69) is 10.2 Å².